The number of ether oxygens (including phenoxy) is 3. The number of methoxy groups -OCH3 is 3. The fourth-order valence-corrected chi connectivity index (χ4v) is 3.01. The van der Waals surface area contributed by atoms with Gasteiger partial charge in [0, 0.05) is 32.2 Å². The van der Waals surface area contributed by atoms with Gasteiger partial charge in [-0.1, -0.05) is 6.92 Å². The summed E-state index contributed by atoms with van der Waals surface area (Å²) < 4.78 is 16.2. The summed E-state index contributed by atoms with van der Waals surface area (Å²) >= 11 is 0. The Morgan fingerprint density at radius 2 is 1.87 bits per heavy atom. The van der Waals surface area contributed by atoms with Gasteiger partial charge in [-0.3, -0.25) is 4.90 Å². The predicted molar refractivity (Wildman–Crippen MR) is 89.5 cm³/mol. The molecule has 2 N–H and O–H groups in total. The number of nitrogens with one attached hydrogen (secondary N) is 1. The summed E-state index contributed by atoms with van der Waals surface area (Å²) in [6.07, 6.45) is 0.452. The van der Waals surface area contributed by atoms with E-state index in [0.29, 0.717) is 17.2 Å². The molecule has 1 heterocycles. The quantitative estimate of drug-likeness (QED) is 0.787. The van der Waals surface area contributed by atoms with E-state index in [1.165, 1.54) is 0 Å². The Bertz CT molecular complexity index is 484. The lowest BCUT2D eigenvalue weighted by Gasteiger charge is -2.36. The molecule has 0 bridgehead atoms. The highest BCUT2D eigenvalue weighted by atomic mass is 16.5. The van der Waals surface area contributed by atoms with Crippen LogP contribution >= 0.6 is 0 Å². The van der Waals surface area contributed by atoms with Crippen LogP contribution in [0, 0.1) is 0 Å². The van der Waals surface area contributed by atoms with Gasteiger partial charge in [-0.25, -0.2) is 0 Å². The minimum Gasteiger partial charge on any atom is -0.493 e. The smallest absolute Gasteiger partial charge is 0.203 e. The van der Waals surface area contributed by atoms with E-state index in [9.17, 15) is 5.11 Å². The van der Waals surface area contributed by atoms with Crippen molar-refractivity contribution < 1.29 is 19.3 Å². The summed E-state index contributed by atoms with van der Waals surface area (Å²) in [6.45, 7) is 5.44. The van der Waals surface area contributed by atoms with Crippen LogP contribution in [0.15, 0.2) is 12.1 Å². The Morgan fingerprint density at radius 3 is 2.39 bits per heavy atom. The van der Waals surface area contributed by atoms with Crippen molar-refractivity contribution in [1.82, 2.24) is 10.2 Å². The van der Waals surface area contributed by atoms with Crippen molar-refractivity contribution in [3.63, 3.8) is 0 Å². The number of benzene rings is 1. The van der Waals surface area contributed by atoms with E-state index in [-0.39, 0.29) is 12.1 Å². The molecule has 0 aliphatic carbocycles. The van der Waals surface area contributed by atoms with Crippen molar-refractivity contribution in [2.45, 2.75) is 32.0 Å². The molecule has 1 aliphatic heterocycles. The molecule has 1 aromatic carbocycles. The van der Waals surface area contributed by atoms with Crippen molar-refractivity contribution in [3.8, 4) is 17.2 Å². The molecule has 23 heavy (non-hydrogen) atoms. The van der Waals surface area contributed by atoms with Gasteiger partial charge in [-0.2, -0.15) is 0 Å². The second-order valence-electron chi connectivity index (χ2n) is 5.80. The number of rotatable bonds is 7. The number of aliphatic hydroxyl groups is 1. The molecule has 0 radical (unpaired) electrons. The van der Waals surface area contributed by atoms with Crippen LogP contribution in [0.1, 0.15) is 18.9 Å². The summed E-state index contributed by atoms with van der Waals surface area (Å²) in [6, 6.07) is 4.08. The van der Waals surface area contributed by atoms with Crippen LogP contribution in [0.2, 0.25) is 0 Å². The Labute approximate surface area is 138 Å². The lowest BCUT2D eigenvalue weighted by Crippen LogP contribution is -2.55. The Morgan fingerprint density at radius 1 is 1.22 bits per heavy atom. The van der Waals surface area contributed by atoms with Gasteiger partial charge in [-0.15, -0.1) is 0 Å². The topological polar surface area (TPSA) is 63.2 Å². The molecule has 1 saturated heterocycles. The molecule has 1 fully saturated rings. The van der Waals surface area contributed by atoms with E-state index in [1.807, 2.05) is 19.1 Å². The van der Waals surface area contributed by atoms with E-state index < -0.39 is 0 Å². The fourth-order valence-electron chi connectivity index (χ4n) is 3.01. The first-order valence-corrected chi connectivity index (χ1v) is 8.05. The number of hydrogen-bond acceptors (Lipinski definition) is 6. The molecule has 0 aromatic heterocycles. The van der Waals surface area contributed by atoms with Crippen molar-refractivity contribution in [3.05, 3.63) is 17.7 Å². The second-order valence-corrected chi connectivity index (χ2v) is 5.80. The number of hydrogen-bond donors (Lipinski definition) is 2. The molecule has 0 spiro atoms. The largest absolute Gasteiger partial charge is 0.493 e. The van der Waals surface area contributed by atoms with Crippen LogP contribution in [0.25, 0.3) is 0 Å². The number of piperazine rings is 1. The van der Waals surface area contributed by atoms with Crippen LogP contribution in [-0.2, 0) is 6.54 Å². The maximum atomic E-state index is 10.1. The maximum absolute atomic E-state index is 10.1. The first-order chi connectivity index (χ1) is 11.1. The monoisotopic (exact) mass is 324 g/mol. The molecule has 0 saturated carbocycles. The third-order valence-corrected chi connectivity index (χ3v) is 4.30. The van der Waals surface area contributed by atoms with E-state index in [2.05, 4.69) is 10.2 Å². The van der Waals surface area contributed by atoms with Crippen molar-refractivity contribution in [2.24, 2.45) is 0 Å². The van der Waals surface area contributed by atoms with Gasteiger partial charge in [0.15, 0.2) is 11.5 Å². The average molecular weight is 324 g/mol. The first-order valence-electron chi connectivity index (χ1n) is 8.05. The lowest BCUT2D eigenvalue weighted by atomic mass is 10.1. The third-order valence-electron chi connectivity index (χ3n) is 4.30. The Balaban J connectivity index is 2.13. The van der Waals surface area contributed by atoms with Crippen LogP contribution in [-0.4, -0.2) is 63.1 Å². The van der Waals surface area contributed by atoms with E-state index in [0.717, 1.165) is 38.2 Å². The Hall–Kier alpha value is -1.50. The molecule has 2 unspecified atom stereocenters. The zero-order valence-electron chi connectivity index (χ0n) is 14.5. The molecule has 2 atom stereocenters. The molecule has 6 nitrogen and oxygen atoms in total. The molecular weight excluding hydrogens is 296 g/mol. The van der Waals surface area contributed by atoms with Gasteiger partial charge < -0.3 is 24.6 Å². The Kier molecular flexibility index (Phi) is 6.50. The highest BCUT2D eigenvalue weighted by Crippen LogP contribution is 2.38. The molecule has 2 rings (SSSR count). The van der Waals surface area contributed by atoms with E-state index >= 15 is 0 Å². The molecule has 6 heteroatoms. The van der Waals surface area contributed by atoms with Crippen LogP contribution < -0.4 is 19.5 Å². The average Bonchev–Trinajstić information content (AvgIpc) is 2.60. The first kappa shape index (κ1) is 17.8. The van der Waals surface area contributed by atoms with Gasteiger partial charge in [-0.05, 0) is 24.1 Å². The molecular formula is C17H28N2O4. The van der Waals surface area contributed by atoms with Crippen LogP contribution in [0.4, 0.5) is 0 Å². The van der Waals surface area contributed by atoms with E-state index in [4.69, 9.17) is 14.2 Å². The van der Waals surface area contributed by atoms with Crippen molar-refractivity contribution in [2.75, 3.05) is 41.0 Å². The molecule has 130 valence electrons. The zero-order valence-corrected chi connectivity index (χ0v) is 14.5. The summed E-state index contributed by atoms with van der Waals surface area (Å²) in [5.74, 6) is 1.95. The van der Waals surface area contributed by atoms with Gasteiger partial charge in [0.1, 0.15) is 0 Å². The van der Waals surface area contributed by atoms with E-state index in [1.54, 1.807) is 21.3 Å². The van der Waals surface area contributed by atoms with Gasteiger partial charge in [0.05, 0.1) is 27.4 Å². The van der Waals surface area contributed by atoms with Crippen LogP contribution in [0.3, 0.4) is 0 Å². The van der Waals surface area contributed by atoms with Gasteiger partial charge in [0.25, 0.3) is 0 Å². The zero-order chi connectivity index (χ0) is 16.8. The standard InChI is InChI=1S/C17H28N2O4/c1-5-14(20)13-11-19(7-6-18-13)10-12-8-15(21-2)17(23-4)16(9-12)22-3/h8-9,13-14,18,20H,5-7,10-11H2,1-4H3. The predicted octanol–water partition coefficient (Wildman–Crippen LogP) is 1.26. The molecule has 1 aliphatic rings. The van der Waals surface area contributed by atoms with Gasteiger partial charge >= 0.3 is 0 Å². The normalized spacial score (nSPS) is 20.1. The van der Waals surface area contributed by atoms with Crippen molar-refractivity contribution in [1.29, 1.82) is 0 Å². The minimum absolute atomic E-state index is 0.121. The SMILES string of the molecule is CCC(O)C1CN(Cc2cc(OC)c(OC)c(OC)c2)CCN1. The summed E-state index contributed by atoms with van der Waals surface area (Å²) in [5, 5.41) is 13.4. The number of nitrogens with zero attached hydrogens (tertiary/aromatic N) is 1. The summed E-state index contributed by atoms with van der Waals surface area (Å²) in [5.41, 5.74) is 1.10. The molecule has 1 aromatic rings. The summed E-state index contributed by atoms with van der Waals surface area (Å²) in [7, 11) is 4.85. The van der Waals surface area contributed by atoms with Crippen molar-refractivity contribution >= 4 is 0 Å². The molecule has 0 amide bonds. The van der Waals surface area contributed by atoms with Gasteiger partial charge in [0.2, 0.25) is 5.75 Å². The minimum atomic E-state index is -0.308. The third kappa shape index (κ3) is 4.28. The maximum Gasteiger partial charge on any atom is 0.203 e. The van der Waals surface area contributed by atoms with Crippen LogP contribution in [0.5, 0.6) is 17.2 Å². The lowest BCUT2D eigenvalue weighted by molar-refractivity contribution is 0.0744. The highest BCUT2D eigenvalue weighted by Gasteiger charge is 2.25. The summed E-state index contributed by atoms with van der Waals surface area (Å²) in [4.78, 5) is 2.33. The fraction of sp³-hybridized carbons (Fsp3) is 0.647. The second kappa shape index (κ2) is 8.38. The number of aliphatic hydroxyl groups excluding tert-OH is 1. The highest BCUT2D eigenvalue weighted by molar-refractivity contribution is 5.53.